The molecule has 0 unspecified atom stereocenters. The molecule has 2 nitrogen and oxygen atoms in total. The number of nitrogens with zero attached hydrogens (tertiary/aromatic N) is 1. The van der Waals surface area contributed by atoms with Crippen molar-refractivity contribution in [3.8, 4) is 21.7 Å². The Morgan fingerprint density at radius 3 is 2.47 bits per heavy atom. The molecule has 0 atom stereocenters. The SMILES string of the molecule is CO/C=C/c1cc(Cl)c2ccccc2c1-c1cccc2nc(-c3ccccc3)sc12. The van der Waals surface area contributed by atoms with Gasteiger partial charge >= 0.3 is 0 Å². The van der Waals surface area contributed by atoms with Crippen molar-refractivity contribution in [2.45, 2.75) is 0 Å². The number of fused-ring (bicyclic) bond motifs is 2. The van der Waals surface area contributed by atoms with Crippen molar-refractivity contribution in [1.82, 2.24) is 4.98 Å². The van der Waals surface area contributed by atoms with E-state index in [0.717, 1.165) is 53.3 Å². The Morgan fingerprint density at radius 1 is 0.900 bits per heavy atom. The predicted molar refractivity (Wildman–Crippen MR) is 129 cm³/mol. The van der Waals surface area contributed by atoms with E-state index in [9.17, 15) is 0 Å². The van der Waals surface area contributed by atoms with Gasteiger partial charge in [0.15, 0.2) is 0 Å². The summed E-state index contributed by atoms with van der Waals surface area (Å²) in [5.74, 6) is 0. The summed E-state index contributed by atoms with van der Waals surface area (Å²) in [4.78, 5) is 4.91. The van der Waals surface area contributed by atoms with Crippen LogP contribution in [0, 0.1) is 0 Å². The first-order chi connectivity index (χ1) is 14.8. The van der Waals surface area contributed by atoms with Crippen molar-refractivity contribution in [2.24, 2.45) is 0 Å². The minimum atomic E-state index is 0.728. The van der Waals surface area contributed by atoms with Crippen LogP contribution in [0.4, 0.5) is 0 Å². The molecule has 5 aromatic rings. The summed E-state index contributed by atoms with van der Waals surface area (Å²) in [5, 5.41) is 3.90. The minimum Gasteiger partial charge on any atom is -0.504 e. The van der Waals surface area contributed by atoms with E-state index in [4.69, 9.17) is 21.3 Å². The Labute approximate surface area is 184 Å². The smallest absolute Gasteiger partial charge is 0.124 e. The van der Waals surface area contributed by atoms with Gasteiger partial charge in [-0.1, -0.05) is 78.3 Å². The zero-order chi connectivity index (χ0) is 20.5. The van der Waals surface area contributed by atoms with Gasteiger partial charge in [-0.3, -0.25) is 0 Å². The number of ether oxygens (including phenoxy) is 1. The van der Waals surface area contributed by atoms with Crippen LogP contribution in [0.2, 0.25) is 5.02 Å². The molecule has 0 amide bonds. The molecule has 0 saturated heterocycles. The minimum absolute atomic E-state index is 0.728. The van der Waals surface area contributed by atoms with Gasteiger partial charge in [0.2, 0.25) is 0 Å². The van der Waals surface area contributed by atoms with Crippen LogP contribution < -0.4 is 0 Å². The summed E-state index contributed by atoms with van der Waals surface area (Å²) in [7, 11) is 1.65. The highest BCUT2D eigenvalue weighted by atomic mass is 35.5. The van der Waals surface area contributed by atoms with Gasteiger partial charge in [0.25, 0.3) is 0 Å². The molecule has 0 bridgehead atoms. The van der Waals surface area contributed by atoms with Crippen molar-refractivity contribution in [3.05, 3.63) is 95.7 Å². The molecular formula is C26H18ClNOS. The fourth-order valence-electron chi connectivity index (χ4n) is 3.77. The van der Waals surface area contributed by atoms with Crippen molar-refractivity contribution in [1.29, 1.82) is 0 Å². The van der Waals surface area contributed by atoms with Crippen molar-refractivity contribution >= 4 is 50.0 Å². The Kier molecular flexibility index (Phi) is 4.99. The third-order valence-corrected chi connectivity index (χ3v) is 6.58. The Hall–Kier alpha value is -3.14. The van der Waals surface area contributed by atoms with Gasteiger partial charge in [0.1, 0.15) is 5.01 Å². The molecule has 4 aromatic carbocycles. The second kappa shape index (κ2) is 7.94. The molecule has 0 aliphatic rings. The Morgan fingerprint density at radius 2 is 1.67 bits per heavy atom. The van der Waals surface area contributed by atoms with Gasteiger partial charge in [-0.25, -0.2) is 4.98 Å². The normalized spacial score (nSPS) is 11.5. The zero-order valence-corrected chi connectivity index (χ0v) is 17.9. The van der Waals surface area contributed by atoms with Crippen molar-refractivity contribution in [2.75, 3.05) is 7.11 Å². The maximum absolute atomic E-state index is 6.62. The van der Waals surface area contributed by atoms with Gasteiger partial charge in [0, 0.05) is 21.5 Å². The lowest BCUT2D eigenvalue weighted by Gasteiger charge is -2.13. The number of halogens is 1. The fourth-order valence-corrected chi connectivity index (χ4v) is 5.15. The standard InChI is InChI=1S/C26H18ClNOS/c1-29-15-14-18-16-22(27)19-10-5-6-11-20(19)24(18)21-12-7-13-23-25(21)30-26(28-23)17-8-3-2-4-9-17/h2-16H,1H3/b15-14+. The second-order valence-electron chi connectivity index (χ2n) is 6.95. The van der Waals surface area contributed by atoms with Gasteiger partial charge < -0.3 is 4.74 Å². The number of aromatic nitrogens is 1. The van der Waals surface area contributed by atoms with Gasteiger partial charge in [0.05, 0.1) is 23.6 Å². The summed E-state index contributed by atoms with van der Waals surface area (Å²) < 4.78 is 6.37. The van der Waals surface area contributed by atoms with Crippen LogP contribution >= 0.6 is 22.9 Å². The van der Waals surface area contributed by atoms with Crippen LogP contribution in [0.3, 0.4) is 0 Å². The lowest BCUT2D eigenvalue weighted by atomic mass is 9.93. The highest BCUT2D eigenvalue weighted by molar-refractivity contribution is 7.22. The predicted octanol–water partition coefficient (Wildman–Crippen LogP) is 8.05. The van der Waals surface area contributed by atoms with Crippen molar-refractivity contribution < 1.29 is 4.74 Å². The molecule has 30 heavy (non-hydrogen) atoms. The molecule has 0 aliphatic carbocycles. The van der Waals surface area contributed by atoms with E-state index in [0.29, 0.717) is 0 Å². The summed E-state index contributed by atoms with van der Waals surface area (Å²) in [6, 6.07) is 26.9. The fraction of sp³-hybridized carbons (Fsp3) is 0.0385. The maximum atomic E-state index is 6.62. The molecule has 5 rings (SSSR count). The molecular weight excluding hydrogens is 410 g/mol. The van der Waals surface area contributed by atoms with E-state index in [1.807, 2.05) is 42.5 Å². The molecule has 0 spiro atoms. The van der Waals surface area contributed by atoms with E-state index < -0.39 is 0 Å². The van der Waals surface area contributed by atoms with Gasteiger partial charge in [-0.2, -0.15) is 0 Å². The lowest BCUT2D eigenvalue weighted by molar-refractivity contribution is 0.341. The molecule has 0 saturated carbocycles. The Bertz CT molecular complexity index is 1390. The summed E-state index contributed by atoms with van der Waals surface area (Å²) in [5.41, 5.74) is 5.43. The molecule has 1 heterocycles. The van der Waals surface area contributed by atoms with Crippen molar-refractivity contribution in [3.63, 3.8) is 0 Å². The maximum Gasteiger partial charge on any atom is 0.124 e. The van der Waals surface area contributed by atoms with Crippen LogP contribution in [0.25, 0.3) is 48.8 Å². The number of rotatable bonds is 4. The second-order valence-corrected chi connectivity index (χ2v) is 8.35. The van der Waals surface area contributed by atoms with Crippen LogP contribution in [-0.2, 0) is 4.74 Å². The number of hydrogen-bond acceptors (Lipinski definition) is 3. The summed E-state index contributed by atoms with van der Waals surface area (Å²) in [6.07, 6.45) is 3.65. The highest BCUT2D eigenvalue weighted by Crippen LogP contribution is 2.42. The molecule has 0 fully saturated rings. The molecule has 0 radical (unpaired) electrons. The van der Waals surface area contributed by atoms with Crippen LogP contribution in [0.5, 0.6) is 0 Å². The van der Waals surface area contributed by atoms with Crippen LogP contribution in [0.15, 0.2) is 85.1 Å². The zero-order valence-electron chi connectivity index (χ0n) is 16.3. The lowest BCUT2D eigenvalue weighted by Crippen LogP contribution is -1.89. The third kappa shape index (κ3) is 3.26. The molecule has 0 N–H and O–H groups in total. The topological polar surface area (TPSA) is 22.1 Å². The quantitative estimate of drug-likeness (QED) is 0.270. The molecule has 0 aliphatic heterocycles. The first kappa shape index (κ1) is 18.9. The number of hydrogen-bond donors (Lipinski definition) is 0. The largest absolute Gasteiger partial charge is 0.504 e. The van der Waals surface area contributed by atoms with E-state index in [1.165, 1.54) is 0 Å². The number of methoxy groups -OCH3 is 1. The van der Waals surface area contributed by atoms with Gasteiger partial charge in [-0.05, 0) is 34.7 Å². The Balaban J connectivity index is 1.83. The average molecular weight is 428 g/mol. The van der Waals surface area contributed by atoms with E-state index >= 15 is 0 Å². The van der Waals surface area contributed by atoms with Crippen LogP contribution in [-0.4, -0.2) is 12.1 Å². The van der Waals surface area contributed by atoms with Gasteiger partial charge in [-0.15, -0.1) is 11.3 Å². The van der Waals surface area contributed by atoms with E-state index in [1.54, 1.807) is 24.7 Å². The number of thiazole rings is 1. The third-order valence-electron chi connectivity index (χ3n) is 5.11. The van der Waals surface area contributed by atoms with E-state index in [2.05, 4.69) is 42.5 Å². The van der Waals surface area contributed by atoms with E-state index in [-0.39, 0.29) is 0 Å². The highest BCUT2D eigenvalue weighted by Gasteiger charge is 2.17. The monoisotopic (exact) mass is 427 g/mol. The molecule has 146 valence electrons. The summed E-state index contributed by atoms with van der Waals surface area (Å²) >= 11 is 8.34. The molecule has 1 aromatic heterocycles. The average Bonchev–Trinajstić information content (AvgIpc) is 3.23. The molecule has 4 heteroatoms. The first-order valence-electron chi connectivity index (χ1n) is 9.62. The number of benzene rings is 4. The first-order valence-corrected chi connectivity index (χ1v) is 10.8. The van der Waals surface area contributed by atoms with Crippen LogP contribution in [0.1, 0.15) is 5.56 Å². The summed E-state index contributed by atoms with van der Waals surface area (Å²) in [6.45, 7) is 0.